The molecule has 27 heavy (non-hydrogen) atoms. The lowest BCUT2D eigenvalue weighted by atomic mass is 9.71. The van der Waals surface area contributed by atoms with E-state index in [9.17, 15) is 23.3 Å². The van der Waals surface area contributed by atoms with Gasteiger partial charge in [-0.3, -0.25) is 14.9 Å². The van der Waals surface area contributed by atoms with Crippen LogP contribution in [0.2, 0.25) is 0 Å². The van der Waals surface area contributed by atoms with Crippen LogP contribution in [0, 0.1) is 15.5 Å². The van der Waals surface area contributed by atoms with E-state index in [0.29, 0.717) is 13.0 Å². The van der Waals surface area contributed by atoms with Crippen LogP contribution in [-0.4, -0.2) is 38.9 Å². The van der Waals surface area contributed by atoms with E-state index in [-0.39, 0.29) is 24.4 Å². The highest BCUT2D eigenvalue weighted by atomic mass is 32.2. The smallest absolute Gasteiger partial charge is 0.289 e. The van der Waals surface area contributed by atoms with Gasteiger partial charge in [-0.15, -0.1) is 0 Å². The summed E-state index contributed by atoms with van der Waals surface area (Å²) in [7, 11) is -4.04. The number of nitrogens with one attached hydrogen (secondary N) is 2. The summed E-state index contributed by atoms with van der Waals surface area (Å²) in [6, 6.07) is 5.12. The first kappa shape index (κ1) is 21.3. The molecule has 0 bridgehead atoms. The quantitative estimate of drug-likeness (QED) is 0.325. The summed E-state index contributed by atoms with van der Waals surface area (Å²) in [5, 5.41) is 13.7. The number of amides is 1. The molecule has 0 aromatic heterocycles. The Hall–Kier alpha value is -2.04. The van der Waals surface area contributed by atoms with Crippen LogP contribution in [0.3, 0.4) is 0 Å². The zero-order valence-corrected chi connectivity index (χ0v) is 16.0. The monoisotopic (exact) mass is 398 g/mol. The molecule has 0 radical (unpaired) electrons. The van der Waals surface area contributed by atoms with Crippen molar-refractivity contribution in [1.29, 1.82) is 0 Å². The Kier molecular flexibility index (Phi) is 7.28. The summed E-state index contributed by atoms with van der Waals surface area (Å²) in [5.41, 5.74) is 5.22. The van der Waals surface area contributed by atoms with Gasteiger partial charge in [0.1, 0.15) is 0 Å². The lowest BCUT2D eigenvalue weighted by Crippen LogP contribution is -2.40. The van der Waals surface area contributed by atoms with Crippen LogP contribution in [0.1, 0.15) is 38.5 Å². The number of hydrogen-bond acceptors (Lipinski definition) is 6. The van der Waals surface area contributed by atoms with Crippen molar-refractivity contribution in [2.45, 2.75) is 43.4 Å². The summed E-state index contributed by atoms with van der Waals surface area (Å²) < 4.78 is 26.8. The maximum atomic E-state index is 12.3. The minimum Gasteiger partial charge on any atom is -0.355 e. The van der Waals surface area contributed by atoms with Crippen molar-refractivity contribution >= 4 is 21.6 Å². The van der Waals surface area contributed by atoms with Crippen molar-refractivity contribution in [2.75, 3.05) is 19.6 Å². The number of hydrogen-bond donors (Lipinski definition) is 3. The molecule has 2 rings (SSSR count). The number of carbonyl (C=O) groups excluding carboxylic acids is 1. The van der Waals surface area contributed by atoms with E-state index < -0.39 is 25.5 Å². The van der Waals surface area contributed by atoms with Crippen molar-refractivity contribution in [3.05, 3.63) is 34.4 Å². The molecular weight excluding hydrogens is 372 g/mol. The molecule has 150 valence electrons. The highest BCUT2D eigenvalue weighted by molar-refractivity contribution is 7.89. The fraction of sp³-hybridized carbons (Fsp3) is 0.588. The molecule has 9 nitrogen and oxygen atoms in total. The van der Waals surface area contributed by atoms with Gasteiger partial charge in [0.05, 0.1) is 4.92 Å². The topological polar surface area (TPSA) is 144 Å². The van der Waals surface area contributed by atoms with E-state index in [1.165, 1.54) is 18.2 Å². The zero-order chi connectivity index (χ0) is 19.9. The molecule has 10 heteroatoms. The largest absolute Gasteiger partial charge is 0.355 e. The number of para-hydroxylation sites is 1. The molecule has 1 aromatic carbocycles. The lowest BCUT2D eigenvalue weighted by Gasteiger charge is -2.35. The van der Waals surface area contributed by atoms with Crippen molar-refractivity contribution < 1.29 is 18.1 Å². The first-order valence-corrected chi connectivity index (χ1v) is 10.5. The second kappa shape index (κ2) is 9.25. The van der Waals surface area contributed by atoms with E-state index in [1.54, 1.807) is 0 Å². The summed E-state index contributed by atoms with van der Waals surface area (Å²) >= 11 is 0. The molecule has 0 unspecified atom stereocenters. The molecule has 1 aromatic rings. The van der Waals surface area contributed by atoms with E-state index in [1.807, 2.05) is 0 Å². The number of nitrogens with two attached hydrogens (primary N) is 1. The summed E-state index contributed by atoms with van der Waals surface area (Å²) in [6.07, 6.45) is 5.50. The maximum absolute atomic E-state index is 12.3. The minimum atomic E-state index is -4.04. The van der Waals surface area contributed by atoms with Crippen molar-refractivity contribution in [1.82, 2.24) is 10.0 Å². The number of sulfonamides is 1. The van der Waals surface area contributed by atoms with E-state index >= 15 is 0 Å². The highest BCUT2D eigenvalue weighted by Gasteiger charge is 2.32. The van der Waals surface area contributed by atoms with Crippen LogP contribution >= 0.6 is 0 Å². The average Bonchev–Trinajstić information content (AvgIpc) is 2.66. The molecule has 4 N–H and O–H groups in total. The Bertz CT molecular complexity index is 775. The average molecular weight is 398 g/mol. The number of nitro benzene ring substituents is 1. The third kappa shape index (κ3) is 5.72. The number of benzene rings is 1. The SMILES string of the molecule is NCC1(CC(=O)NCCNS(=O)(=O)c2ccccc2[N+](=O)[O-])CCCCC1. The third-order valence-corrected chi connectivity index (χ3v) is 6.48. The number of carbonyl (C=O) groups is 1. The van der Waals surface area contributed by atoms with Crippen molar-refractivity contribution in [3.8, 4) is 0 Å². The Labute approximate surface area is 158 Å². The zero-order valence-electron chi connectivity index (χ0n) is 15.1. The van der Waals surface area contributed by atoms with Crippen LogP contribution in [0.15, 0.2) is 29.2 Å². The van der Waals surface area contributed by atoms with Gasteiger partial charge in [0, 0.05) is 25.6 Å². The molecule has 1 aliphatic rings. The number of nitrogens with zero attached hydrogens (tertiary/aromatic N) is 1. The summed E-state index contributed by atoms with van der Waals surface area (Å²) in [5.74, 6) is -0.160. The third-order valence-electron chi connectivity index (χ3n) is 4.97. The molecule has 1 fully saturated rings. The summed E-state index contributed by atoms with van der Waals surface area (Å²) in [4.78, 5) is 22.0. The van der Waals surface area contributed by atoms with Gasteiger partial charge in [-0.25, -0.2) is 13.1 Å². The molecule has 1 saturated carbocycles. The molecule has 0 aliphatic heterocycles. The Morgan fingerprint density at radius 3 is 2.48 bits per heavy atom. The van der Waals surface area contributed by atoms with E-state index in [0.717, 1.165) is 38.2 Å². The lowest BCUT2D eigenvalue weighted by molar-refractivity contribution is -0.387. The van der Waals surface area contributed by atoms with Crippen LogP contribution in [0.25, 0.3) is 0 Å². The standard InChI is InChI=1S/C17H26N4O5S/c18-13-17(8-4-1-5-9-17)12-16(22)19-10-11-20-27(25,26)15-7-3-2-6-14(15)21(23)24/h2-3,6-7,20H,1,4-5,8-13,18H2,(H,19,22). The Morgan fingerprint density at radius 2 is 1.85 bits per heavy atom. The molecule has 0 heterocycles. The first-order chi connectivity index (χ1) is 12.8. The number of nitro groups is 1. The van der Waals surface area contributed by atoms with E-state index in [4.69, 9.17) is 5.73 Å². The second-order valence-corrected chi connectivity index (χ2v) is 8.65. The van der Waals surface area contributed by atoms with Crippen LogP contribution in [-0.2, 0) is 14.8 Å². The predicted molar refractivity (Wildman–Crippen MR) is 100 cm³/mol. The fourth-order valence-electron chi connectivity index (χ4n) is 3.46. The van der Waals surface area contributed by atoms with Crippen LogP contribution < -0.4 is 15.8 Å². The second-order valence-electron chi connectivity index (χ2n) is 6.91. The van der Waals surface area contributed by atoms with Gasteiger partial charge >= 0.3 is 0 Å². The molecule has 1 amide bonds. The van der Waals surface area contributed by atoms with Gasteiger partial charge in [0.2, 0.25) is 15.9 Å². The highest BCUT2D eigenvalue weighted by Crippen LogP contribution is 2.38. The maximum Gasteiger partial charge on any atom is 0.289 e. The first-order valence-electron chi connectivity index (χ1n) is 8.99. The molecule has 1 aliphatic carbocycles. The molecule has 0 spiro atoms. The van der Waals surface area contributed by atoms with Gasteiger partial charge in [0.25, 0.3) is 5.69 Å². The van der Waals surface area contributed by atoms with Crippen LogP contribution in [0.4, 0.5) is 5.69 Å². The fourth-order valence-corrected chi connectivity index (χ4v) is 4.66. The summed E-state index contributed by atoms with van der Waals surface area (Å²) in [6.45, 7) is 0.500. The van der Waals surface area contributed by atoms with Gasteiger partial charge < -0.3 is 11.1 Å². The Morgan fingerprint density at radius 1 is 1.19 bits per heavy atom. The van der Waals surface area contributed by atoms with Gasteiger partial charge in [-0.05, 0) is 30.9 Å². The van der Waals surface area contributed by atoms with Crippen LogP contribution in [0.5, 0.6) is 0 Å². The van der Waals surface area contributed by atoms with Gasteiger partial charge in [-0.1, -0.05) is 31.4 Å². The predicted octanol–water partition coefficient (Wildman–Crippen LogP) is 1.29. The van der Waals surface area contributed by atoms with Crippen molar-refractivity contribution in [2.24, 2.45) is 11.1 Å². The minimum absolute atomic E-state index is 0.0598. The Balaban J connectivity index is 1.85. The molecule has 0 atom stereocenters. The van der Waals surface area contributed by atoms with Gasteiger partial charge in [-0.2, -0.15) is 0 Å². The van der Waals surface area contributed by atoms with Gasteiger partial charge in [0.15, 0.2) is 4.90 Å². The molecule has 0 saturated heterocycles. The normalized spacial score (nSPS) is 16.6. The number of rotatable bonds is 9. The molecular formula is C17H26N4O5S. The van der Waals surface area contributed by atoms with Crippen molar-refractivity contribution in [3.63, 3.8) is 0 Å². The van der Waals surface area contributed by atoms with E-state index in [2.05, 4.69) is 10.0 Å².